The van der Waals surface area contributed by atoms with Gasteiger partial charge in [-0.2, -0.15) is 0 Å². The van der Waals surface area contributed by atoms with Crippen LogP contribution in [0.15, 0.2) is 72.8 Å². The Kier molecular flexibility index (Phi) is 3.22. The van der Waals surface area contributed by atoms with E-state index in [0.29, 0.717) is 0 Å². The molecular formula is C17H12Cl2. The maximum absolute atomic E-state index is 5.98. The first-order valence-electron chi connectivity index (χ1n) is 6.10. The Morgan fingerprint density at radius 3 is 1.32 bits per heavy atom. The van der Waals surface area contributed by atoms with Crippen LogP contribution in [0.1, 0.15) is 11.1 Å². The van der Waals surface area contributed by atoms with Gasteiger partial charge in [0, 0.05) is 10.0 Å². The van der Waals surface area contributed by atoms with Crippen LogP contribution in [-0.4, -0.2) is 0 Å². The van der Waals surface area contributed by atoms with Crippen LogP contribution < -0.4 is 0 Å². The van der Waals surface area contributed by atoms with Gasteiger partial charge in [-0.1, -0.05) is 71.8 Å². The smallest absolute Gasteiger partial charge is 0.0568 e. The summed E-state index contributed by atoms with van der Waals surface area (Å²) < 4.78 is 0. The lowest BCUT2D eigenvalue weighted by Gasteiger charge is -2.27. The zero-order valence-electron chi connectivity index (χ0n) is 10.2. The molecule has 0 saturated heterocycles. The van der Waals surface area contributed by atoms with Crippen LogP contribution in [0.4, 0.5) is 0 Å². The highest BCUT2D eigenvalue weighted by atomic mass is 35.5. The molecule has 0 nitrogen and oxygen atoms in total. The molecule has 94 valence electrons. The van der Waals surface area contributed by atoms with Crippen molar-refractivity contribution >= 4 is 23.2 Å². The van der Waals surface area contributed by atoms with Gasteiger partial charge in [-0.25, -0.2) is 0 Å². The van der Waals surface area contributed by atoms with Gasteiger partial charge in [-0.15, -0.1) is 0 Å². The lowest BCUT2D eigenvalue weighted by Crippen LogP contribution is -2.20. The van der Waals surface area contributed by atoms with E-state index < -0.39 is 0 Å². The molecule has 0 N–H and O–H groups in total. The highest BCUT2D eigenvalue weighted by molar-refractivity contribution is 6.30. The molecule has 0 aliphatic heterocycles. The molecular weight excluding hydrogens is 275 g/mol. The van der Waals surface area contributed by atoms with Gasteiger partial charge in [-0.3, -0.25) is 0 Å². The second-order valence-corrected chi connectivity index (χ2v) is 5.47. The Morgan fingerprint density at radius 2 is 0.947 bits per heavy atom. The molecule has 2 aromatic carbocycles. The van der Waals surface area contributed by atoms with E-state index in [1.807, 2.05) is 24.3 Å². The van der Waals surface area contributed by atoms with E-state index >= 15 is 0 Å². The van der Waals surface area contributed by atoms with Crippen LogP contribution in [0, 0.1) is 0 Å². The molecule has 0 unspecified atom stereocenters. The van der Waals surface area contributed by atoms with Gasteiger partial charge in [0.2, 0.25) is 0 Å². The Balaban J connectivity index is 2.15. The third-order valence-electron chi connectivity index (χ3n) is 3.47. The summed E-state index contributed by atoms with van der Waals surface area (Å²) in [6, 6.07) is 16.0. The average Bonchev–Trinajstić information content (AvgIpc) is 2.91. The van der Waals surface area contributed by atoms with Crippen LogP contribution in [0.2, 0.25) is 10.0 Å². The molecule has 0 spiro atoms. The molecule has 0 saturated carbocycles. The average molecular weight is 287 g/mol. The Labute approximate surface area is 123 Å². The summed E-state index contributed by atoms with van der Waals surface area (Å²) in [5.74, 6) is 0. The molecule has 0 bridgehead atoms. The molecule has 1 aliphatic carbocycles. The zero-order chi connectivity index (χ0) is 13.3. The van der Waals surface area contributed by atoms with Crippen LogP contribution in [0.5, 0.6) is 0 Å². The quantitative estimate of drug-likeness (QED) is 0.693. The van der Waals surface area contributed by atoms with Gasteiger partial charge >= 0.3 is 0 Å². The van der Waals surface area contributed by atoms with Gasteiger partial charge in [0.1, 0.15) is 0 Å². The zero-order valence-corrected chi connectivity index (χ0v) is 11.7. The van der Waals surface area contributed by atoms with Crippen molar-refractivity contribution in [1.29, 1.82) is 0 Å². The van der Waals surface area contributed by atoms with E-state index in [1.165, 1.54) is 11.1 Å². The maximum atomic E-state index is 5.98. The number of halogens is 2. The minimum atomic E-state index is -0.213. The van der Waals surface area contributed by atoms with E-state index in [9.17, 15) is 0 Å². The van der Waals surface area contributed by atoms with Crippen molar-refractivity contribution in [1.82, 2.24) is 0 Å². The normalized spacial score (nSPS) is 15.9. The monoisotopic (exact) mass is 286 g/mol. The van der Waals surface area contributed by atoms with Crippen LogP contribution in [0.3, 0.4) is 0 Å². The van der Waals surface area contributed by atoms with E-state index in [0.717, 1.165) is 10.0 Å². The molecule has 0 amide bonds. The van der Waals surface area contributed by atoms with Crippen molar-refractivity contribution in [3.63, 3.8) is 0 Å². The first-order valence-corrected chi connectivity index (χ1v) is 6.85. The molecule has 0 radical (unpaired) electrons. The first kappa shape index (κ1) is 12.5. The minimum Gasteiger partial charge on any atom is -0.0843 e. The summed E-state index contributed by atoms with van der Waals surface area (Å²) in [5.41, 5.74) is 2.18. The van der Waals surface area contributed by atoms with Gasteiger partial charge in [-0.05, 0) is 35.4 Å². The summed E-state index contributed by atoms with van der Waals surface area (Å²) in [4.78, 5) is 0. The summed E-state index contributed by atoms with van der Waals surface area (Å²) >= 11 is 12.0. The lowest BCUT2D eigenvalue weighted by atomic mass is 9.76. The molecule has 0 fully saturated rings. The fourth-order valence-electron chi connectivity index (χ4n) is 2.47. The second-order valence-electron chi connectivity index (χ2n) is 4.60. The second kappa shape index (κ2) is 4.88. The maximum Gasteiger partial charge on any atom is 0.0568 e. The van der Waals surface area contributed by atoms with Crippen molar-refractivity contribution < 1.29 is 0 Å². The predicted molar refractivity (Wildman–Crippen MR) is 82.0 cm³/mol. The third kappa shape index (κ3) is 2.22. The van der Waals surface area contributed by atoms with Gasteiger partial charge < -0.3 is 0 Å². The Morgan fingerprint density at radius 1 is 0.579 bits per heavy atom. The number of benzene rings is 2. The number of hydrogen-bond acceptors (Lipinski definition) is 0. The van der Waals surface area contributed by atoms with Crippen molar-refractivity contribution in [3.8, 4) is 0 Å². The van der Waals surface area contributed by atoms with Gasteiger partial charge in [0.15, 0.2) is 0 Å². The van der Waals surface area contributed by atoms with Crippen molar-refractivity contribution in [2.45, 2.75) is 5.41 Å². The van der Waals surface area contributed by atoms with Crippen molar-refractivity contribution in [3.05, 3.63) is 94.0 Å². The fraction of sp³-hybridized carbons (Fsp3) is 0.0588. The van der Waals surface area contributed by atoms with Gasteiger partial charge in [0.05, 0.1) is 5.41 Å². The van der Waals surface area contributed by atoms with Crippen molar-refractivity contribution in [2.75, 3.05) is 0 Å². The molecule has 19 heavy (non-hydrogen) atoms. The highest BCUT2D eigenvalue weighted by Gasteiger charge is 2.30. The topological polar surface area (TPSA) is 0 Å². The van der Waals surface area contributed by atoms with Gasteiger partial charge in [0.25, 0.3) is 0 Å². The molecule has 3 rings (SSSR count). The number of allylic oxidation sites excluding steroid dienone is 4. The largest absolute Gasteiger partial charge is 0.0843 e. The Hall–Kier alpha value is -1.50. The minimum absolute atomic E-state index is 0.213. The molecule has 2 aromatic rings. The molecule has 1 aliphatic rings. The Bertz CT molecular complexity index is 574. The van der Waals surface area contributed by atoms with E-state index in [4.69, 9.17) is 23.2 Å². The summed E-state index contributed by atoms with van der Waals surface area (Å²) in [7, 11) is 0. The summed E-state index contributed by atoms with van der Waals surface area (Å²) in [6.45, 7) is 0. The number of rotatable bonds is 2. The van der Waals surface area contributed by atoms with Crippen LogP contribution in [-0.2, 0) is 5.41 Å². The van der Waals surface area contributed by atoms with Crippen LogP contribution >= 0.6 is 23.2 Å². The molecule has 0 heterocycles. The van der Waals surface area contributed by atoms with E-state index in [2.05, 4.69) is 48.6 Å². The van der Waals surface area contributed by atoms with Crippen LogP contribution in [0.25, 0.3) is 0 Å². The highest BCUT2D eigenvalue weighted by Crippen LogP contribution is 2.38. The third-order valence-corrected chi connectivity index (χ3v) is 3.98. The number of hydrogen-bond donors (Lipinski definition) is 0. The standard InChI is InChI=1S/C17H12Cl2/c18-15-7-3-13(4-8-15)17(11-1-2-12-17)14-5-9-16(19)10-6-14/h1-12H. The molecule has 0 aromatic heterocycles. The summed E-state index contributed by atoms with van der Waals surface area (Å²) in [6.07, 6.45) is 8.53. The molecule has 0 atom stereocenters. The SMILES string of the molecule is Clc1ccc(C2(c3ccc(Cl)cc3)C=CC=C2)cc1. The lowest BCUT2D eigenvalue weighted by molar-refractivity contribution is 0.828. The van der Waals surface area contributed by atoms with Crippen molar-refractivity contribution in [2.24, 2.45) is 0 Å². The van der Waals surface area contributed by atoms with E-state index in [-0.39, 0.29) is 5.41 Å². The fourth-order valence-corrected chi connectivity index (χ4v) is 2.73. The summed E-state index contributed by atoms with van der Waals surface area (Å²) in [5, 5.41) is 1.50. The first-order chi connectivity index (χ1) is 9.21. The van der Waals surface area contributed by atoms with E-state index in [1.54, 1.807) is 0 Å². The predicted octanol–water partition coefficient (Wildman–Crippen LogP) is 5.41. The molecule has 2 heteroatoms.